The minimum atomic E-state index is -3.62. The van der Waals surface area contributed by atoms with Crippen LogP contribution in [0.2, 0.25) is 0 Å². The predicted octanol–water partition coefficient (Wildman–Crippen LogP) is 2.61. The summed E-state index contributed by atoms with van der Waals surface area (Å²) < 4.78 is 30.8. The van der Waals surface area contributed by atoms with Gasteiger partial charge in [0, 0.05) is 18.5 Å². The highest BCUT2D eigenvalue weighted by Crippen LogP contribution is 2.16. The van der Waals surface area contributed by atoms with Gasteiger partial charge in [0.25, 0.3) is 10.0 Å². The van der Waals surface area contributed by atoms with Gasteiger partial charge in [-0.3, -0.25) is 0 Å². The summed E-state index contributed by atoms with van der Waals surface area (Å²) in [5.41, 5.74) is 1.59. The largest absolute Gasteiger partial charge is 0.463 e. The Kier molecular flexibility index (Phi) is 4.82. The van der Waals surface area contributed by atoms with E-state index in [1.165, 1.54) is 24.5 Å². The Morgan fingerprint density at radius 1 is 1.23 bits per heavy atom. The van der Waals surface area contributed by atoms with E-state index in [1.807, 2.05) is 6.92 Å². The molecule has 0 bridgehead atoms. The van der Waals surface area contributed by atoms with Gasteiger partial charge in [-0.1, -0.05) is 17.7 Å². The fourth-order valence-corrected chi connectivity index (χ4v) is 3.03. The Morgan fingerprint density at radius 2 is 1.91 bits per heavy atom. The molecule has 0 N–H and O–H groups in total. The van der Waals surface area contributed by atoms with Gasteiger partial charge < -0.3 is 4.74 Å². The number of carbonyl (C=O) groups is 1. The molecule has 1 aromatic carbocycles. The van der Waals surface area contributed by atoms with Crippen LogP contribution in [-0.4, -0.2) is 25.0 Å². The first kappa shape index (κ1) is 16.0. The van der Waals surface area contributed by atoms with E-state index >= 15 is 0 Å². The summed E-state index contributed by atoms with van der Waals surface area (Å²) in [4.78, 5) is 11.5. The first-order valence-corrected chi connectivity index (χ1v) is 8.22. The Hall–Kier alpha value is -2.34. The number of benzene rings is 1. The van der Waals surface area contributed by atoms with Crippen molar-refractivity contribution in [2.24, 2.45) is 0 Å². The molecule has 0 aliphatic carbocycles. The van der Waals surface area contributed by atoms with Crippen molar-refractivity contribution in [3.05, 3.63) is 59.9 Å². The number of esters is 1. The molecule has 22 heavy (non-hydrogen) atoms. The van der Waals surface area contributed by atoms with Crippen molar-refractivity contribution in [1.82, 2.24) is 3.97 Å². The standard InChI is InChI=1S/C16H17NO4S/c1-3-21-16(18)9-6-14-10-11-17(12-14)22(19,20)15-7-4-13(2)5-8-15/h4-12H,3H2,1-2H3/b9-6+. The highest BCUT2D eigenvalue weighted by molar-refractivity contribution is 7.90. The highest BCUT2D eigenvalue weighted by atomic mass is 32.2. The van der Waals surface area contributed by atoms with Crippen LogP contribution in [0.4, 0.5) is 0 Å². The lowest BCUT2D eigenvalue weighted by molar-refractivity contribution is -0.137. The van der Waals surface area contributed by atoms with Gasteiger partial charge in [0.15, 0.2) is 0 Å². The van der Waals surface area contributed by atoms with Crippen LogP contribution >= 0.6 is 0 Å². The van der Waals surface area contributed by atoms with E-state index in [9.17, 15) is 13.2 Å². The third kappa shape index (κ3) is 3.65. The van der Waals surface area contributed by atoms with Crippen LogP contribution in [0.1, 0.15) is 18.1 Å². The van der Waals surface area contributed by atoms with Gasteiger partial charge >= 0.3 is 5.97 Å². The Bertz CT molecular complexity index is 786. The monoisotopic (exact) mass is 319 g/mol. The van der Waals surface area contributed by atoms with Crippen molar-refractivity contribution in [2.45, 2.75) is 18.7 Å². The van der Waals surface area contributed by atoms with Gasteiger partial charge in [0.1, 0.15) is 0 Å². The van der Waals surface area contributed by atoms with E-state index in [1.54, 1.807) is 37.3 Å². The second-order valence-corrected chi connectivity index (χ2v) is 6.52. The molecule has 0 atom stereocenters. The maximum atomic E-state index is 12.4. The van der Waals surface area contributed by atoms with Crippen molar-refractivity contribution in [3.8, 4) is 0 Å². The minimum absolute atomic E-state index is 0.217. The molecule has 116 valence electrons. The van der Waals surface area contributed by atoms with Crippen molar-refractivity contribution >= 4 is 22.1 Å². The number of carbonyl (C=O) groups excluding carboxylic acids is 1. The second-order valence-electron chi connectivity index (χ2n) is 4.68. The van der Waals surface area contributed by atoms with E-state index in [0.717, 1.165) is 9.54 Å². The van der Waals surface area contributed by atoms with Crippen LogP contribution in [0.5, 0.6) is 0 Å². The third-order valence-corrected chi connectivity index (χ3v) is 4.64. The summed E-state index contributed by atoms with van der Waals surface area (Å²) in [6.07, 6.45) is 5.67. The SMILES string of the molecule is CCOC(=O)/C=C/c1ccn(S(=O)(=O)c2ccc(C)cc2)c1. The van der Waals surface area contributed by atoms with E-state index in [0.29, 0.717) is 12.2 Å². The third-order valence-electron chi connectivity index (χ3n) is 2.99. The summed E-state index contributed by atoms with van der Waals surface area (Å²) in [6, 6.07) is 8.24. The van der Waals surface area contributed by atoms with Gasteiger partial charge in [-0.15, -0.1) is 0 Å². The zero-order chi connectivity index (χ0) is 16.2. The maximum absolute atomic E-state index is 12.4. The molecule has 0 aliphatic rings. The first-order chi connectivity index (χ1) is 10.4. The van der Waals surface area contributed by atoms with Crippen LogP contribution in [0.15, 0.2) is 53.7 Å². The molecular formula is C16H17NO4S. The Balaban J connectivity index is 2.23. The van der Waals surface area contributed by atoms with Crippen LogP contribution in [-0.2, 0) is 19.6 Å². The number of ether oxygens (including phenoxy) is 1. The zero-order valence-electron chi connectivity index (χ0n) is 12.4. The molecule has 6 heteroatoms. The van der Waals surface area contributed by atoms with E-state index < -0.39 is 16.0 Å². The normalized spacial score (nSPS) is 11.7. The van der Waals surface area contributed by atoms with E-state index in [4.69, 9.17) is 4.74 Å². The summed E-state index contributed by atoms with van der Waals surface area (Å²) >= 11 is 0. The highest BCUT2D eigenvalue weighted by Gasteiger charge is 2.15. The number of hydrogen-bond acceptors (Lipinski definition) is 4. The summed E-state index contributed by atoms with van der Waals surface area (Å²) in [7, 11) is -3.62. The molecule has 0 saturated carbocycles. The van der Waals surface area contributed by atoms with Crippen molar-refractivity contribution in [2.75, 3.05) is 6.61 Å². The van der Waals surface area contributed by atoms with Crippen molar-refractivity contribution in [1.29, 1.82) is 0 Å². The van der Waals surface area contributed by atoms with Gasteiger partial charge in [-0.05, 0) is 43.7 Å². The molecule has 0 amide bonds. The Morgan fingerprint density at radius 3 is 2.55 bits per heavy atom. The number of aromatic nitrogens is 1. The van der Waals surface area contributed by atoms with Gasteiger partial charge in [-0.2, -0.15) is 0 Å². The smallest absolute Gasteiger partial charge is 0.330 e. The minimum Gasteiger partial charge on any atom is -0.463 e. The van der Waals surface area contributed by atoms with E-state index in [-0.39, 0.29) is 4.90 Å². The topological polar surface area (TPSA) is 65.4 Å². The van der Waals surface area contributed by atoms with Gasteiger partial charge in [0.2, 0.25) is 0 Å². The molecule has 2 rings (SSSR count). The predicted molar refractivity (Wildman–Crippen MR) is 83.9 cm³/mol. The lowest BCUT2D eigenvalue weighted by atomic mass is 10.2. The van der Waals surface area contributed by atoms with E-state index in [2.05, 4.69) is 0 Å². The summed E-state index contributed by atoms with van der Waals surface area (Å²) in [5, 5.41) is 0. The number of nitrogens with zero attached hydrogens (tertiary/aromatic N) is 1. The molecule has 5 nitrogen and oxygen atoms in total. The molecule has 0 radical (unpaired) electrons. The quantitative estimate of drug-likeness (QED) is 0.627. The second kappa shape index (κ2) is 6.62. The van der Waals surface area contributed by atoms with Gasteiger partial charge in [0.05, 0.1) is 11.5 Å². The number of aryl methyl sites for hydroxylation is 1. The molecular weight excluding hydrogens is 302 g/mol. The average Bonchev–Trinajstić information content (AvgIpc) is 2.95. The Labute approximate surface area is 129 Å². The molecule has 0 saturated heterocycles. The molecule has 0 fully saturated rings. The molecule has 1 heterocycles. The summed E-state index contributed by atoms with van der Waals surface area (Å²) in [5.74, 6) is -0.461. The molecule has 0 unspecified atom stereocenters. The first-order valence-electron chi connectivity index (χ1n) is 6.78. The van der Waals surface area contributed by atoms with Crippen LogP contribution in [0.25, 0.3) is 6.08 Å². The number of rotatable bonds is 5. The molecule has 0 spiro atoms. The van der Waals surface area contributed by atoms with Crippen LogP contribution < -0.4 is 0 Å². The zero-order valence-corrected chi connectivity index (χ0v) is 13.2. The molecule has 1 aromatic heterocycles. The van der Waals surface area contributed by atoms with Crippen LogP contribution in [0.3, 0.4) is 0 Å². The lowest BCUT2D eigenvalue weighted by Gasteiger charge is -2.05. The van der Waals surface area contributed by atoms with Crippen molar-refractivity contribution < 1.29 is 17.9 Å². The number of hydrogen-bond donors (Lipinski definition) is 0. The van der Waals surface area contributed by atoms with Crippen LogP contribution in [0, 0.1) is 6.92 Å². The summed E-state index contributed by atoms with van der Waals surface area (Å²) in [6.45, 7) is 3.91. The fraction of sp³-hybridized carbons (Fsp3) is 0.188. The molecule has 0 aliphatic heterocycles. The van der Waals surface area contributed by atoms with Crippen molar-refractivity contribution in [3.63, 3.8) is 0 Å². The van der Waals surface area contributed by atoms with Gasteiger partial charge in [-0.25, -0.2) is 17.2 Å². The average molecular weight is 319 g/mol. The lowest BCUT2D eigenvalue weighted by Crippen LogP contribution is -2.10. The fourth-order valence-electron chi connectivity index (χ4n) is 1.83. The molecule has 2 aromatic rings. The maximum Gasteiger partial charge on any atom is 0.330 e.